The summed E-state index contributed by atoms with van der Waals surface area (Å²) >= 11 is 0. The van der Waals surface area contributed by atoms with Crippen LogP contribution in [0.4, 0.5) is 11.4 Å². The standard InChI is InChI=1S/C32H27N3O5/c1-20-8-7-11-23(18-20)30(36)33-24-14-12-21(13-15-24)29-28(35-32(40-29)22-9-5-4-6-10-22)31(37)34-26-19-25(38-2)16-17-27(26)39-3/h4-19H,1-3H3,(H,33,36)(H,34,37). The van der Waals surface area contributed by atoms with Crippen LogP contribution < -0.4 is 20.1 Å². The summed E-state index contributed by atoms with van der Waals surface area (Å²) in [5.74, 6) is 0.921. The van der Waals surface area contributed by atoms with E-state index in [4.69, 9.17) is 13.9 Å². The van der Waals surface area contributed by atoms with Gasteiger partial charge in [-0.1, -0.05) is 35.9 Å². The molecule has 4 aromatic carbocycles. The van der Waals surface area contributed by atoms with E-state index in [1.54, 1.807) is 55.6 Å². The van der Waals surface area contributed by atoms with Gasteiger partial charge in [0, 0.05) is 28.4 Å². The maximum Gasteiger partial charge on any atom is 0.278 e. The lowest BCUT2D eigenvalue weighted by molar-refractivity contribution is 0.101. The van der Waals surface area contributed by atoms with Crippen molar-refractivity contribution < 1.29 is 23.5 Å². The number of ether oxygens (including phenoxy) is 2. The second kappa shape index (κ2) is 11.6. The molecule has 0 unspecified atom stereocenters. The number of hydrogen-bond acceptors (Lipinski definition) is 6. The molecule has 0 radical (unpaired) electrons. The smallest absolute Gasteiger partial charge is 0.278 e. The van der Waals surface area contributed by atoms with Crippen molar-refractivity contribution in [3.63, 3.8) is 0 Å². The molecule has 0 saturated carbocycles. The molecular formula is C32H27N3O5. The molecule has 0 atom stereocenters. The Morgan fingerprint density at radius 3 is 2.23 bits per heavy atom. The normalized spacial score (nSPS) is 10.6. The van der Waals surface area contributed by atoms with E-state index in [2.05, 4.69) is 15.6 Å². The average Bonchev–Trinajstić information content (AvgIpc) is 3.44. The molecule has 0 fully saturated rings. The van der Waals surface area contributed by atoms with E-state index >= 15 is 0 Å². The quantitative estimate of drug-likeness (QED) is 0.226. The van der Waals surface area contributed by atoms with Crippen LogP contribution in [0.3, 0.4) is 0 Å². The van der Waals surface area contributed by atoms with Gasteiger partial charge >= 0.3 is 0 Å². The molecular weight excluding hydrogens is 506 g/mol. The zero-order chi connectivity index (χ0) is 28.1. The van der Waals surface area contributed by atoms with E-state index < -0.39 is 5.91 Å². The Bertz CT molecular complexity index is 1660. The number of oxazole rings is 1. The van der Waals surface area contributed by atoms with Crippen LogP contribution in [0.15, 0.2) is 101 Å². The number of nitrogens with one attached hydrogen (secondary N) is 2. The van der Waals surface area contributed by atoms with Gasteiger partial charge < -0.3 is 24.5 Å². The molecule has 0 aliphatic rings. The lowest BCUT2D eigenvalue weighted by atomic mass is 10.1. The van der Waals surface area contributed by atoms with Gasteiger partial charge in [-0.2, -0.15) is 0 Å². The fourth-order valence-electron chi connectivity index (χ4n) is 4.16. The fourth-order valence-corrected chi connectivity index (χ4v) is 4.16. The molecule has 0 saturated heterocycles. The second-order valence-corrected chi connectivity index (χ2v) is 8.98. The highest BCUT2D eigenvalue weighted by molar-refractivity contribution is 6.08. The Morgan fingerprint density at radius 2 is 1.52 bits per heavy atom. The molecule has 200 valence electrons. The number of anilines is 2. The maximum atomic E-state index is 13.5. The number of rotatable bonds is 8. The molecule has 40 heavy (non-hydrogen) atoms. The third kappa shape index (κ3) is 5.71. The highest BCUT2D eigenvalue weighted by Gasteiger charge is 2.24. The number of hydrogen-bond donors (Lipinski definition) is 2. The van der Waals surface area contributed by atoms with Crippen LogP contribution in [0.1, 0.15) is 26.4 Å². The molecule has 2 N–H and O–H groups in total. The molecule has 0 aliphatic heterocycles. The van der Waals surface area contributed by atoms with Crippen molar-refractivity contribution in [2.75, 3.05) is 24.9 Å². The fraction of sp³-hybridized carbons (Fsp3) is 0.0938. The van der Waals surface area contributed by atoms with Crippen LogP contribution in [-0.4, -0.2) is 31.0 Å². The van der Waals surface area contributed by atoms with E-state index in [-0.39, 0.29) is 17.4 Å². The minimum Gasteiger partial charge on any atom is -0.497 e. The van der Waals surface area contributed by atoms with Crippen molar-refractivity contribution in [1.82, 2.24) is 4.98 Å². The van der Waals surface area contributed by atoms with E-state index in [0.717, 1.165) is 11.1 Å². The summed E-state index contributed by atoms with van der Waals surface area (Å²) in [6.45, 7) is 1.94. The summed E-state index contributed by atoms with van der Waals surface area (Å²) in [6, 6.07) is 28.8. The zero-order valence-corrected chi connectivity index (χ0v) is 22.2. The Balaban J connectivity index is 1.46. The first-order chi connectivity index (χ1) is 19.4. The monoisotopic (exact) mass is 533 g/mol. The van der Waals surface area contributed by atoms with Gasteiger partial charge in [0.25, 0.3) is 11.8 Å². The number of amides is 2. The summed E-state index contributed by atoms with van der Waals surface area (Å²) < 4.78 is 16.8. The van der Waals surface area contributed by atoms with Gasteiger partial charge in [-0.15, -0.1) is 0 Å². The van der Waals surface area contributed by atoms with Crippen molar-refractivity contribution >= 4 is 23.2 Å². The van der Waals surface area contributed by atoms with Crippen molar-refractivity contribution in [3.05, 3.63) is 114 Å². The summed E-state index contributed by atoms with van der Waals surface area (Å²) in [7, 11) is 3.06. The van der Waals surface area contributed by atoms with Crippen LogP contribution in [0.25, 0.3) is 22.8 Å². The predicted octanol–water partition coefficient (Wildman–Crippen LogP) is 6.84. The largest absolute Gasteiger partial charge is 0.497 e. The predicted molar refractivity (Wildman–Crippen MR) is 154 cm³/mol. The number of methoxy groups -OCH3 is 2. The van der Waals surface area contributed by atoms with E-state index in [0.29, 0.717) is 39.9 Å². The van der Waals surface area contributed by atoms with Gasteiger partial charge in [-0.25, -0.2) is 4.98 Å². The zero-order valence-electron chi connectivity index (χ0n) is 22.2. The van der Waals surface area contributed by atoms with Gasteiger partial charge in [0.15, 0.2) is 11.5 Å². The lowest BCUT2D eigenvalue weighted by Gasteiger charge is -2.11. The van der Waals surface area contributed by atoms with Gasteiger partial charge in [-0.05, 0) is 67.6 Å². The highest BCUT2D eigenvalue weighted by atomic mass is 16.5. The molecule has 0 aliphatic carbocycles. The van der Waals surface area contributed by atoms with Crippen molar-refractivity contribution in [3.8, 4) is 34.3 Å². The Kier molecular flexibility index (Phi) is 7.59. The van der Waals surface area contributed by atoms with Gasteiger partial charge in [0.05, 0.1) is 19.9 Å². The number of benzene rings is 4. The third-order valence-corrected chi connectivity index (χ3v) is 6.20. The lowest BCUT2D eigenvalue weighted by Crippen LogP contribution is -2.14. The average molecular weight is 534 g/mol. The van der Waals surface area contributed by atoms with E-state index in [1.165, 1.54) is 7.11 Å². The van der Waals surface area contributed by atoms with E-state index in [9.17, 15) is 9.59 Å². The first-order valence-electron chi connectivity index (χ1n) is 12.5. The van der Waals surface area contributed by atoms with Crippen LogP contribution in [-0.2, 0) is 0 Å². The maximum absolute atomic E-state index is 13.5. The first kappa shape index (κ1) is 26.2. The number of carbonyl (C=O) groups excluding carboxylic acids is 2. The number of nitrogens with zero attached hydrogens (tertiary/aromatic N) is 1. The topological polar surface area (TPSA) is 103 Å². The van der Waals surface area contributed by atoms with Crippen LogP contribution in [0.5, 0.6) is 11.5 Å². The number of carbonyl (C=O) groups is 2. The van der Waals surface area contributed by atoms with Crippen molar-refractivity contribution in [2.45, 2.75) is 6.92 Å². The van der Waals surface area contributed by atoms with Crippen molar-refractivity contribution in [2.24, 2.45) is 0 Å². The van der Waals surface area contributed by atoms with Gasteiger partial charge in [-0.3, -0.25) is 9.59 Å². The van der Waals surface area contributed by atoms with Gasteiger partial charge in [0.2, 0.25) is 5.89 Å². The minimum atomic E-state index is -0.482. The molecule has 0 spiro atoms. The molecule has 0 bridgehead atoms. The summed E-state index contributed by atoms with van der Waals surface area (Å²) in [5, 5.41) is 5.76. The first-order valence-corrected chi connectivity index (χ1v) is 12.5. The summed E-state index contributed by atoms with van der Waals surface area (Å²) in [5.41, 5.74) is 4.04. The Labute approximate surface area is 231 Å². The molecule has 8 nitrogen and oxygen atoms in total. The van der Waals surface area contributed by atoms with Crippen LogP contribution in [0, 0.1) is 6.92 Å². The third-order valence-electron chi connectivity index (χ3n) is 6.20. The van der Waals surface area contributed by atoms with Crippen molar-refractivity contribution in [1.29, 1.82) is 0 Å². The molecule has 1 aromatic heterocycles. The molecule has 5 aromatic rings. The van der Waals surface area contributed by atoms with Crippen LogP contribution >= 0.6 is 0 Å². The van der Waals surface area contributed by atoms with Gasteiger partial charge in [0.1, 0.15) is 11.5 Å². The Hall–Kier alpha value is -5.37. The summed E-state index contributed by atoms with van der Waals surface area (Å²) in [4.78, 5) is 30.8. The molecule has 2 amide bonds. The van der Waals surface area contributed by atoms with Crippen LogP contribution in [0.2, 0.25) is 0 Å². The number of aromatic nitrogens is 1. The SMILES string of the molecule is COc1ccc(OC)c(NC(=O)c2nc(-c3ccccc3)oc2-c2ccc(NC(=O)c3cccc(C)c3)cc2)c1. The molecule has 1 heterocycles. The number of aryl methyl sites for hydroxylation is 1. The molecule has 5 rings (SSSR count). The molecule has 8 heteroatoms. The highest BCUT2D eigenvalue weighted by Crippen LogP contribution is 2.33. The minimum absolute atomic E-state index is 0.0975. The summed E-state index contributed by atoms with van der Waals surface area (Å²) in [6.07, 6.45) is 0. The van der Waals surface area contributed by atoms with E-state index in [1.807, 2.05) is 55.5 Å². The Morgan fingerprint density at radius 1 is 0.750 bits per heavy atom. The second-order valence-electron chi connectivity index (χ2n) is 8.98.